The highest BCUT2D eigenvalue weighted by molar-refractivity contribution is 6.44. The van der Waals surface area contributed by atoms with Crippen LogP contribution in [0.3, 0.4) is 0 Å². The molecule has 1 heterocycles. The van der Waals surface area contributed by atoms with Crippen molar-refractivity contribution in [2.24, 2.45) is 11.8 Å². The summed E-state index contributed by atoms with van der Waals surface area (Å²) in [4.78, 5) is 0. The second-order valence-corrected chi connectivity index (χ2v) is 5.68. The summed E-state index contributed by atoms with van der Waals surface area (Å²) in [7, 11) is -0.00739. The second-order valence-electron chi connectivity index (χ2n) is 5.68. The van der Waals surface area contributed by atoms with Gasteiger partial charge in [-0.2, -0.15) is 0 Å². The SMILES string of the molecule is CC(C)CB1OC[C@H](Cc2ccccc2)[C@H](C)O1. The average molecular weight is 246 g/mol. The minimum Gasteiger partial charge on any atom is -0.411 e. The Balaban J connectivity index is 1.86. The van der Waals surface area contributed by atoms with Gasteiger partial charge >= 0.3 is 7.12 Å². The molecule has 0 unspecified atom stereocenters. The fourth-order valence-electron chi connectivity index (χ4n) is 2.41. The lowest BCUT2D eigenvalue weighted by atomic mass is 9.76. The quantitative estimate of drug-likeness (QED) is 0.758. The van der Waals surface area contributed by atoms with Crippen LogP contribution in [0.4, 0.5) is 0 Å². The minimum absolute atomic E-state index is 0.00739. The van der Waals surface area contributed by atoms with Crippen molar-refractivity contribution in [2.45, 2.75) is 39.6 Å². The van der Waals surface area contributed by atoms with E-state index in [0.717, 1.165) is 19.3 Å². The van der Waals surface area contributed by atoms with Crippen molar-refractivity contribution >= 4 is 7.12 Å². The van der Waals surface area contributed by atoms with Gasteiger partial charge < -0.3 is 9.31 Å². The molecule has 0 aliphatic carbocycles. The van der Waals surface area contributed by atoms with E-state index >= 15 is 0 Å². The Bertz CT molecular complexity index is 353. The highest BCUT2D eigenvalue weighted by Crippen LogP contribution is 2.23. The third-order valence-corrected chi connectivity index (χ3v) is 3.53. The maximum Gasteiger partial charge on any atom is 0.457 e. The van der Waals surface area contributed by atoms with E-state index in [-0.39, 0.29) is 13.2 Å². The Morgan fingerprint density at radius 1 is 1.28 bits per heavy atom. The van der Waals surface area contributed by atoms with E-state index in [1.807, 2.05) is 0 Å². The maximum absolute atomic E-state index is 5.96. The summed E-state index contributed by atoms with van der Waals surface area (Å²) in [6.07, 6.45) is 2.31. The van der Waals surface area contributed by atoms with Gasteiger partial charge in [-0.1, -0.05) is 44.2 Å². The Hall–Kier alpha value is -0.795. The molecule has 0 saturated carbocycles. The van der Waals surface area contributed by atoms with E-state index < -0.39 is 0 Å². The summed E-state index contributed by atoms with van der Waals surface area (Å²) in [6, 6.07) is 10.6. The van der Waals surface area contributed by atoms with E-state index in [2.05, 4.69) is 51.1 Å². The van der Waals surface area contributed by atoms with Crippen molar-refractivity contribution < 1.29 is 9.31 Å². The first-order valence-electron chi connectivity index (χ1n) is 6.96. The topological polar surface area (TPSA) is 18.5 Å². The zero-order valence-corrected chi connectivity index (χ0v) is 11.6. The molecule has 0 N–H and O–H groups in total. The number of benzene rings is 1. The molecule has 1 aromatic rings. The lowest BCUT2D eigenvalue weighted by Crippen LogP contribution is -2.42. The Morgan fingerprint density at radius 3 is 2.61 bits per heavy atom. The summed E-state index contributed by atoms with van der Waals surface area (Å²) in [6.45, 7) is 7.39. The van der Waals surface area contributed by atoms with Crippen molar-refractivity contribution in [1.82, 2.24) is 0 Å². The highest BCUT2D eigenvalue weighted by atomic mass is 16.6. The van der Waals surface area contributed by atoms with Crippen LogP contribution >= 0.6 is 0 Å². The molecule has 1 aromatic carbocycles. The lowest BCUT2D eigenvalue weighted by molar-refractivity contribution is 0.0217. The first kappa shape index (κ1) is 13.6. The minimum atomic E-state index is -0.00739. The van der Waals surface area contributed by atoms with Gasteiger partial charge in [0.25, 0.3) is 0 Å². The van der Waals surface area contributed by atoms with Gasteiger partial charge in [0.2, 0.25) is 0 Å². The largest absolute Gasteiger partial charge is 0.457 e. The van der Waals surface area contributed by atoms with Gasteiger partial charge in [-0.25, -0.2) is 0 Å². The maximum atomic E-state index is 5.96. The summed E-state index contributed by atoms with van der Waals surface area (Å²) >= 11 is 0. The van der Waals surface area contributed by atoms with Gasteiger partial charge in [-0.3, -0.25) is 0 Å². The molecule has 0 radical (unpaired) electrons. The fraction of sp³-hybridized carbons (Fsp3) is 0.600. The van der Waals surface area contributed by atoms with Gasteiger partial charge in [0.05, 0.1) is 0 Å². The summed E-state index contributed by atoms with van der Waals surface area (Å²) in [5.74, 6) is 1.09. The van der Waals surface area contributed by atoms with Crippen LogP contribution in [-0.4, -0.2) is 19.8 Å². The fourth-order valence-corrected chi connectivity index (χ4v) is 2.41. The molecule has 1 aliphatic heterocycles. The molecular weight excluding hydrogens is 223 g/mol. The van der Waals surface area contributed by atoms with Gasteiger partial charge in [-0.15, -0.1) is 0 Å². The molecule has 2 nitrogen and oxygen atoms in total. The number of rotatable bonds is 4. The van der Waals surface area contributed by atoms with Crippen LogP contribution in [-0.2, 0) is 15.7 Å². The van der Waals surface area contributed by atoms with Crippen LogP contribution in [0.5, 0.6) is 0 Å². The van der Waals surface area contributed by atoms with Crippen molar-refractivity contribution in [3.05, 3.63) is 35.9 Å². The first-order valence-corrected chi connectivity index (χ1v) is 6.96. The monoisotopic (exact) mass is 246 g/mol. The molecule has 18 heavy (non-hydrogen) atoms. The third kappa shape index (κ3) is 3.86. The van der Waals surface area contributed by atoms with E-state index in [1.165, 1.54) is 5.56 Å². The molecular formula is C15H23BO2. The molecule has 0 spiro atoms. The van der Waals surface area contributed by atoms with Crippen molar-refractivity contribution in [3.63, 3.8) is 0 Å². The Labute approximate surface area is 111 Å². The molecule has 0 aromatic heterocycles. The van der Waals surface area contributed by atoms with Crippen LogP contribution in [0, 0.1) is 11.8 Å². The molecule has 98 valence electrons. The third-order valence-electron chi connectivity index (χ3n) is 3.53. The van der Waals surface area contributed by atoms with E-state index in [9.17, 15) is 0 Å². The summed E-state index contributed by atoms with van der Waals surface area (Å²) < 4.78 is 11.8. The number of hydrogen-bond acceptors (Lipinski definition) is 2. The number of hydrogen-bond donors (Lipinski definition) is 0. The molecule has 1 fully saturated rings. The Morgan fingerprint density at radius 2 is 2.00 bits per heavy atom. The molecule has 2 rings (SSSR count). The van der Waals surface area contributed by atoms with E-state index in [1.54, 1.807) is 0 Å². The van der Waals surface area contributed by atoms with E-state index in [0.29, 0.717) is 11.8 Å². The van der Waals surface area contributed by atoms with Crippen molar-refractivity contribution in [3.8, 4) is 0 Å². The summed E-state index contributed by atoms with van der Waals surface area (Å²) in [5.41, 5.74) is 1.36. The molecule has 1 aliphatic rings. The first-order chi connectivity index (χ1) is 8.65. The smallest absolute Gasteiger partial charge is 0.411 e. The van der Waals surface area contributed by atoms with Gasteiger partial charge in [0.1, 0.15) is 0 Å². The van der Waals surface area contributed by atoms with Crippen molar-refractivity contribution in [1.29, 1.82) is 0 Å². The summed E-state index contributed by atoms with van der Waals surface area (Å²) in [5, 5.41) is 0. The predicted molar refractivity (Wildman–Crippen MR) is 75.5 cm³/mol. The average Bonchev–Trinajstić information content (AvgIpc) is 2.33. The van der Waals surface area contributed by atoms with E-state index in [4.69, 9.17) is 9.31 Å². The Kier molecular flexibility index (Phi) is 4.84. The standard InChI is InChI=1S/C15H23BO2/c1-12(2)10-16-17-11-15(13(3)18-16)9-14-7-5-4-6-8-14/h4-8,12-13,15H,9-11H2,1-3H3/t13-,15-/m0/s1. The zero-order chi connectivity index (χ0) is 13.0. The highest BCUT2D eigenvalue weighted by Gasteiger charge is 2.32. The van der Waals surface area contributed by atoms with Crippen LogP contribution in [0.15, 0.2) is 30.3 Å². The molecule has 0 bridgehead atoms. The molecule has 2 atom stereocenters. The lowest BCUT2D eigenvalue weighted by Gasteiger charge is -2.34. The van der Waals surface area contributed by atoms with Crippen molar-refractivity contribution in [2.75, 3.05) is 6.61 Å². The second kappa shape index (κ2) is 6.39. The normalized spacial score (nSPS) is 24.6. The van der Waals surface area contributed by atoms with Gasteiger partial charge in [0, 0.05) is 18.6 Å². The van der Waals surface area contributed by atoms with Crippen LogP contribution in [0.1, 0.15) is 26.3 Å². The van der Waals surface area contributed by atoms with Gasteiger partial charge in [-0.05, 0) is 31.1 Å². The zero-order valence-electron chi connectivity index (χ0n) is 11.6. The molecule has 0 amide bonds. The molecule has 1 saturated heterocycles. The van der Waals surface area contributed by atoms with Crippen LogP contribution in [0.2, 0.25) is 6.32 Å². The molecule has 3 heteroatoms. The predicted octanol–water partition coefficient (Wildman–Crippen LogP) is 3.42. The van der Waals surface area contributed by atoms with Gasteiger partial charge in [0.15, 0.2) is 0 Å². The van der Waals surface area contributed by atoms with Crippen LogP contribution < -0.4 is 0 Å². The van der Waals surface area contributed by atoms with Crippen LogP contribution in [0.25, 0.3) is 0 Å².